The van der Waals surface area contributed by atoms with Crippen LogP contribution in [-0.4, -0.2) is 40.1 Å². The third-order valence-electron chi connectivity index (χ3n) is 3.58. The Morgan fingerprint density at radius 3 is 2.79 bits per heavy atom. The molecule has 1 aromatic heterocycles. The van der Waals surface area contributed by atoms with Gasteiger partial charge in [-0.2, -0.15) is 0 Å². The maximum absolute atomic E-state index is 12.6. The summed E-state index contributed by atoms with van der Waals surface area (Å²) in [4.78, 5) is 18.5. The topological polar surface area (TPSA) is 53.4 Å². The number of aliphatic hydroxyl groups is 1. The van der Waals surface area contributed by atoms with Crippen LogP contribution in [0.4, 0.5) is 0 Å². The summed E-state index contributed by atoms with van der Waals surface area (Å²) in [5.74, 6) is -0.0894. The molecular weight excluding hydrogens is 308 g/mol. The summed E-state index contributed by atoms with van der Waals surface area (Å²) in [6, 6.07) is 3.85. The van der Waals surface area contributed by atoms with Crippen molar-refractivity contribution in [2.24, 2.45) is 0 Å². The number of aliphatic hydroxyl groups excluding tert-OH is 1. The Labute approximate surface area is 122 Å². The lowest BCUT2D eigenvalue weighted by Crippen LogP contribution is -2.43. The van der Waals surface area contributed by atoms with Crippen LogP contribution in [0.5, 0.6) is 0 Å². The maximum atomic E-state index is 12.6. The van der Waals surface area contributed by atoms with E-state index in [0.29, 0.717) is 16.7 Å². The lowest BCUT2D eigenvalue weighted by atomic mass is 9.94. The molecule has 2 rings (SSSR count). The molecule has 0 aromatic carbocycles. The number of halogens is 1. The average Bonchev–Trinajstić information content (AvgIpc) is 2.45. The first-order valence-corrected chi connectivity index (χ1v) is 7.55. The molecule has 1 saturated carbocycles. The van der Waals surface area contributed by atoms with E-state index >= 15 is 0 Å². The Morgan fingerprint density at radius 2 is 2.16 bits per heavy atom. The van der Waals surface area contributed by atoms with Crippen molar-refractivity contribution < 1.29 is 9.90 Å². The number of hydrogen-bond donors (Lipinski definition) is 1. The Hall–Kier alpha value is -0.940. The molecule has 0 bridgehead atoms. The Morgan fingerprint density at radius 1 is 1.42 bits per heavy atom. The highest BCUT2D eigenvalue weighted by Gasteiger charge is 2.27. The molecule has 1 aliphatic carbocycles. The van der Waals surface area contributed by atoms with E-state index < -0.39 is 0 Å². The number of aromatic nitrogens is 1. The van der Waals surface area contributed by atoms with Gasteiger partial charge in [-0.05, 0) is 40.9 Å². The molecule has 0 aliphatic heterocycles. The van der Waals surface area contributed by atoms with Gasteiger partial charge in [0.1, 0.15) is 5.69 Å². The van der Waals surface area contributed by atoms with E-state index in [9.17, 15) is 9.90 Å². The van der Waals surface area contributed by atoms with Gasteiger partial charge >= 0.3 is 0 Å². The first-order chi connectivity index (χ1) is 9.24. The number of amides is 1. The quantitative estimate of drug-likeness (QED) is 0.925. The van der Waals surface area contributed by atoms with Crippen LogP contribution in [0.2, 0.25) is 0 Å². The fraction of sp³-hybridized carbons (Fsp3) is 0.571. The van der Waals surface area contributed by atoms with Gasteiger partial charge in [0, 0.05) is 23.3 Å². The van der Waals surface area contributed by atoms with Crippen LogP contribution in [0.25, 0.3) is 0 Å². The second-order valence-electron chi connectivity index (χ2n) is 4.85. The second-order valence-corrected chi connectivity index (χ2v) is 5.70. The van der Waals surface area contributed by atoms with Gasteiger partial charge in [-0.3, -0.25) is 4.79 Å². The first kappa shape index (κ1) is 14.5. The van der Waals surface area contributed by atoms with E-state index in [-0.39, 0.29) is 18.6 Å². The van der Waals surface area contributed by atoms with Crippen molar-refractivity contribution in [2.45, 2.75) is 38.1 Å². The van der Waals surface area contributed by atoms with Crippen LogP contribution in [0.3, 0.4) is 0 Å². The first-order valence-electron chi connectivity index (χ1n) is 6.76. The molecule has 5 heteroatoms. The molecule has 1 aliphatic rings. The summed E-state index contributed by atoms with van der Waals surface area (Å²) in [5.41, 5.74) is 0.432. The van der Waals surface area contributed by atoms with Crippen LogP contribution < -0.4 is 0 Å². The van der Waals surface area contributed by atoms with Gasteiger partial charge in [0.25, 0.3) is 5.91 Å². The van der Waals surface area contributed by atoms with Gasteiger partial charge < -0.3 is 10.0 Å². The zero-order valence-electron chi connectivity index (χ0n) is 10.9. The number of carbonyl (C=O) groups is 1. The van der Waals surface area contributed by atoms with Gasteiger partial charge in [-0.25, -0.2) is 4.98 Å². The number of rotatable bonds is 4. The Kier molecular flexibility index (Phi) is 5.34. The Balaban J connectivity index is 2.18. The molecule has 1 aromatic rings. The van der Waals surface area contributed by atoms with E-state index in [2.05, 4.69) is 20.9 Å². The van der Waals surface area contributed by atoms with Crippen LogP contribution in [-0.2, 0) is 0 Å². The highest BCUT2D eigenvalue weighted by molar-refractivity contribution is 9.10. The Bertz CT molecular complexity index is 433. The summed E-state index contributed by atoms with van der Waals surface area (Å²) in [6.07, 6.45) is 7.22. The number of pyridine rings is 1. The van der Waals surface area contributed by atoms with Gasteiger partial charge in [0.05, 0.1) is 6.61 Å². The van der Waals surface area contributed by atoms with Gasteiger partial charge in [-0.1, -0.05) is 19.3 Å². The van der Waals surface area contributed by atoms with Crippen LogP contribution in [0, 0.1) is 0 Å². The molecule has 0 spiro atoms. The molecule has 104 valence electrons. The fourth-order valence-corrected chi connectivity index (χ4v) is 3.05. The molecule has 4 nitrogen and oxygen atoms in total. The smallest absolute Gasteiger partial charge is 0.273 e. The third-order valence-corrected chi connectivity index (χ3v) is 4.22. The van der Waals surface area contributed by atoms with Crippen molar-refractivity contribution in [3.63, 3.8) is 0 Å². The molecule has 1 N–H and O–H groups in total. The van der Waals surface area contributed by atoms with E-state index in [0.717, 1.165) is 25.7 Å². The summed E-state index contributed by atoms with van der Waals surface area (Å²) >= 11 is 3.37. The maximum Gasteiger partial charge on any atom is 0.273 e. The molecule has 0 radical (unpaired) electrons. The monoisotopic (exact) mass is 326 g/mol. The van der Waals surface area contributed by atoms with E-state index in [4.69, 9.17) is 0 Å². The SMILES string of the molecule is O=C(c1ncccc1Br)N(CCO)C1CCCCC1. The third kappa shape index (κ3) is 3.54. The number of nitrogens with zero attached hydrogens (tertiary/aromatic N) is 2. The van der Waals surface area contributed by atoms with E-state index in [1.54, 1.807) is 17.2 Å². The van der Waals surface area contributed by atoms with Gasteiger partial charge in [-0.15, -0.1) is 0 Å². The molecule has 1 heterocycles. The lowest BCUT2D eigenvalue weighted by Gasteiger charge is -2.34. The van der Waals surface area contributed by atoms with Crippen LogP contribution >= 0.6 is 15.9 Å². The highest BCUT2D eigenvalue weighted by Crippen LogP contribution is 2.25. The summed E-state index contributed by atoms with van der Waals surface area (Å²) in [7, 11) is 0. The van der Waals surface area contributed by atoms with Crippen molar-refractivity contribution in [2.75, 3.05) is 13.2 Å². The summed E-state index contributed by atoms with van der Waals surface area (Å²) < 4.78 is 0.707. The average molecular weight is 327 g/mol. The summed E-state index contributed by atoms with van der Waals surface area (Å²) in [6.45, 7) is 0.374. The molecular formula is C14H19BrN2O2. The van der Waals surface area contributed by atoms with Crippen LogP contribution in [0.1, 0.15) is 42.6 Å². The fourth-order valence-electron chi connectivity index (χ4n) is 2.63. The normalized spacial score (nSPS) is 16.3. The molecule has 1 amide bonds. The van der Waals surface area contributed by atoms with Gasteiger partial charge in [0.15, 0.2) is 0 Å². The standard InChI is InChI=1S/C14H19BrN2O2/c15-12-7-4-8-16-13(12)14(19)17(9-10-18)11-5-2-1-3-6-11/h4,7-8,11,18H,1-3,5-6,9-10H2. The minimum absolute atomic E-state index is 0.00725. The molecule has 19 heavy (non-hydrogen) atoms. The largest absolute Gasteiger partial charge is 0.395 e. The summed E-state index contributed by atoms with van der Waals surface area (Å²) in [5, 5.41) is 9.21. The van der Waals surface area contributed by atoms with Crippen molar-refractivity contribution in [3.8, 4) is 0 Å². The minimum Gasteiger partial charge on any atom is -0.395 e. The van der Waals surface area contributed by atoms with E-state index in [1.165, 1.54) is 6.42 Å². The zero-order chi connectivity index (χ0) is 13.7. The molecule has 0 saturated heterocycles. The van der Waals surface area contributed by atoms with Crippen molar-refractivity contribution in [1.29, 1.82) is 0 Å². The predicted octanol–water partition coefficient (Wildman–Crippen LogP) is 2.61. The molecule has 0 unspecified atom stereocenters. The second kappa shape index (κ2) is 7.01. The van der Waals surface area contributed by atoms with Gasteiger partial charge in [0.2, 0.25) is 0 Å². The van der Waals surface area contributed by atoms with Crippen LogP contribution in [0.15, 0.2) is 22.8 Å². The minimum atomic E-state index is -0.0894. The number of hydrogen-bond acceptors (Lipinski definition) is 3. The predicted molar refractivity (Wildman–Crippen MR) is 76.9 cm³/mol. The van der Waals surface area contributed by atoms with Crippen molar-refractivity contribution in [3.05, 3.63) is 28.5 Å². The highest BCUT2D eigenvalue weighted by atomic mass is 79.9. The zero-order valence-corrected chi connectivity index (χ0v) is 12.5. The van der Waals surface area contributed by atoms with E-state index in [1.807, 2.05) is 6.07 Å². The number of carbonyl (C=O) groups excluding carboxylic acids is 1. The van der Waals surface area contributed by atoms with Crippen molar-refractivity contribution >= 4 is 21.8 Å². The van der Waals surface area contributed by atoms with Crippen molar-refractivity contribution in [1.82, 2.24) is 9.88 Å². The molecule has 0 atom stereocenters. The lowest BCUT2D eigenvalue weighted by molar-refractivity contribution is 0.0578. The molecule has 1 fully saturated rings.